The third kappa shape index (κ3) is 3.86. The minimum Gasteiger partial charge on any atom is -0.497 e. The number of hydrogen-bond acceptors (Lipinski definition) is 5. The van der Waals surface area contributed by atoms with Gasteiger partial charge in [0.15, 0.2) is 0 Å². The molecule has 1 rings (SSSR count). The maximum atomic E-state index is 11.0. The number of hydrogen-bond donors (Lipinski definition) is 1. The predicted octanol–water partition coefficient (Wildman–Crippen LogP) is 1.68. The molecule has 0 atom stereocenters. The van der Waals surface area contributed by atoms with Gasteiger partial charge in [0.05, 0.1) is 33.4 Å². The fourth-order valence-electron chi connectivity index (χ4n) is 1.35. The van der Waals surface area contributed by atoms with E-state index in [0.29, 0.717) is 18.7 Å². The molecule has 0 spiro atoms. The number of carbonyl (C=O) groups is 1. The zero-order chi connectivity index (χ0) is 12.7. The first-order chi connectivity index (χ1) is 8.21. The van der Waals surface area contributed by atoms with Gasteiger partial charge in [-0.3, -0.25) is 4.79 Å². The molecule has 0 aliphatic carbocycles. The molecule has 0 aliphatic heterocycles. The lowest BCUT2D eigenvalue weighted by atomic mass is 10.2. The van der Waals surface area contributed by atoms with Crippen molar-refractivity contribution in [3.63, 3.8) is 0 Å². The first-order valence-corrected chi connectivity index (χ1v) is 5.24. The fourth-order valence-corrected chi connectivity index (χ4v) is 1.35. The third-order valence-corrected chi connectivity index (χ3v) is 2.28. The lowest BCUT2D eigenvalue weighted by molar-refractivity contribution is -0.140. The van der Waals surface area contributed by atoms with Crippen molar-refractivity contribution < 1.29 is 19.0 Å². The molecule has 1 N–H and O–H groups in total. The maximum absolute atomic E-state index is 11.0. The Morgan fingerprint density at radius 3 is 2.59 bits per heavy atom. The zero-order valence-corrected chi connectivity index (χ0v) is 10.3. The Morgan fingerprint density at radius 2 is 2.00 bits per heavy atom. The van der Waals surface area contributed by atoms with Gasteiger partial charge in [-0.1, -0.05) is 0 Å². The Kier molecular flexibility index (Phi) is 5.13. The fraction of sp³-hybridized carbons (Fsp3) is 0.417. The Labute approximate surface area is 101 Å². The minimum atomic E-state index is -0.251. The molecule has 0 fully saturated rings. The Morgan fingerprint density at radius 1 is 1.24 bits per heavy atom. The molecular weight excluding hydrogens is 222 g/mol. The van der Waals surface area contributed by atoms with Crippen LogP contribution in [0.25, 0.3) is 0 Å². The molecule has 1 aromatic carbocycles. The highest BCUT2D eigenvalue weighted by atomic mass is 16.5. The van der Waals surface area contributed by atoms with E-state index < -0.39 is 0 Å². The molecule has 0 amide bonds. The van der Waals surface area contributed by atoms with Crippen molar-refractivity contribution in [1.29, 1.82) is 0 Å². The van der Waals surface area contributed by atoms with E-state index in [4.69, 9.17) is 9.47 Å². The lowest BCUT2D eigenvalue weighted by Crippen LogP contribution is -2.10. The van der Waals surface area contributed by atoms with Crippen LogP contribution in [0.15, 0.2) is 18.2 Å². The summed E-state index contributed by atoms with van der Waals surface area (Å²) in [6.07, 6.45) is 0.302. The van der Waals surface area contributed by atoms with E-state index in [2.05, 4.69) is 10.1 Å². The number of benzene rings is 1. The van der Waals surface area contributed by atoms with E-state index >= 15 is 0 Å². The first-order valence-electron chi connectivity index (χ1n) is 5.24. The van der Waals surface area contributed by atoms with E-state index in [1.807, 2.05) is 12.1 Å². The van der Waals surface area contributed by atoms with Crippen molar-refractivity contribution in [1.82, 2.24) is 0 Å². The van der Waals surface area contributed by atoms with Crippen molar-refractivity contribution in [2.45, 2.75) is 6.42 Å². The van der Waals surface area contributed by atoms with Gasteiger partial charge in [0.1, 0.15) is 11.5 Å². The van der Waals surface area contributed by atoms with Gasteiger partial charge in [-0.15, -0.1) is 0 Å². The standard InChI is InChI=1S/C12H17NO4/c1-15-9-4-5-11(16-2)10(8-9)13-7-6-12(14)17-3/h4-5,8,13H,6-7H2,1-3H3. The van der Waals surface area contributed by atoms with Gasteiger partial charge in [0.25, 0.3) is 0 Å². The number of carbonyl (C=O) groups excluding carboxylic acids is 1. The molecule has 0 unspecified atom stereocenters. The topological polar surface area (TPSA) is 56.8 Å². The number of nitrogens with one attached hydrogen (secondary N) is 1. The summed E-state index contributed by atoms with van der Waals surface area (Å²) >= 11 is 0. The molecule has 0 bridgehead atoms. The Balaban J connectivity index is 2.64. The van der Waals surface area contributed by atoms with Crippen molar-refractivity contribution >= 4 is 11.7 Å². The molecule has 0 saturated heterocycles. The number of ether oxygens (including phenoxy) is 3. The van der Waals surface area contributed by atoms with Crippen molar-refractivity contribution in [2.24, 2.45) is 0 Å². The van der Waals surface area contributed by atoms with Crippen molar-refractivity contribution in [3.05, 3.63) is 18.2 Å². The Hall–Kier alpha value is -1.91. The van der Waals surface area contributed by atoms with E-state index in [1.54, 1.807) is 20.3 Å². The lowest BCUT2D eigenvalue weighted by Gasteiger charge is -2.12. The monoisotopic (exact) mass is 239 g/mol. The van der Waals surface area contributed by atoms with Crippen LogP contribution in [0.4, 0.5) is 5.69 Å². The van der Waals surface area contributed by atoms with Gasteiger partial charge < -0.3 is 19.5 Å². The number of rotatable bonds is 6. The van der Waals surface area contributed by atoms with E-state index in [1.165, 1.54) is 7.11 Å². The summed E-state index contributed by atoms with van der Waals surface area (Å²) < 4.78 is 14.9. The van der Waals surface area contributed by atoms with Crippen LogP contribution in [0.5, 0.6) is 11.5 Å². The van der Waals surface area contributed by atoms with Crippen LogP contribution >= 0.6 is 0 Å². The van der Waals surface area contributed by atoms with Crippen LogP contribution in [0.2, 0.25) is 0 Å². The molecule has 0 heterocycles. The highest BCUT2D eigenvalue weighted by Gasteiger charge is 2.05. The smallest absolute Gasteiger partial charge is 0.307 e. The second kappa shape index (κ2) is 6.62. The van der Waals surface area contributed by atoms with E-state index in [-0.39, 0.29) is 5.97 Å². The minimum absolute atomic E-state index is 0.251. The molecule has 1 aromatic rings. The van der Waals surface area contributed by atoms with Crippen LogP contribution in [-0.4, -0.2) is 33.8 Å². The average molecular weight is 239 g/mol. The largest absolute Gasteiger partial charge is 0.497 e. The quantitative estimate of drug-likeness (QED) is 0.765. The molecule has 0 radical (unpaired) electrons. The number of methoxy groups -OCH3 is 3. The van der Waals surface area contributed by atoms with Gasteiger partial charge in [-0.05, 0) is 12.1 Å². The van der Waals surface area contributed by atoms with Crippen molar-refractivity contribution in [3.8, 4) is 11.5 Å². The second-order valence-electron chi connectivity index (χ2n) is 3.32. The summed E-state index contributed by atoms with van der Waals surface area (Å²) in [7, 11) is 4.56. The molecule has 5 heteroatoms. The van der Waals surface area contributed by atoms with Crippen LogP contribution in [0.1, 0.15) is 6.42 Å². The molecule has 0 aromatic heterocycles. The number of esters is 1. The highest BCUT2D eigenvalue weighted by Crippen LogP contribution is 2.28. The summed E-state index contributed by atoms with van der Waals surface area (Å²) in [5.74, 6) is 1.18. The van der Waals surface area contributed by atoms with Crippen LogP contribution < -0.4 is 14.8 Å². The molecule has 5 nitrogen and oxygen atoms in total. The first kappa shape index (κ1) is 13.2. The van der Waals surface area contributed by atoms with Crippen LogP contribution in [-0.2, 0) is 9.53 Å². The van der Waals surface area contributed by atoms with Gasteiger partial charge >= 0.3 is 5.97 Å². The normalized spacial score (nSPS) is 9.59. The SMILES string of the molecule is COC(=O)CCNc1cc(OC)ccc1OC. The molecular formula is C12H17NO4. The number of anilines is 1. The zero-order valence-electron chi connectivity index (χ0n) is 10.3. The van der Waals surface area contributed by atoms with Gasteiger partial charge in [0.2, 0.25) is 0 Å². The predicted molar refractivity (Wildman–Crippen MR) is 64.7 cm³/mol. The van der Waals surface area contributed by atoms with E-state index in [0.717, 1.165) is 11.4 Å². The molecule has 17 heavy (non-hydrogen) atoms. The second-order valence-corrected chi connectivity index (χ2v) is 3.32. The maximum Gasteiger partial charge on any atom is 0.307 e. The van der Waals surface area contributed by atoms with E-state index in [9.17, 15) is 4.79 Å². The summed E-state index contributed by atoms with van der Waals surface area (Å²) in [5, 5.41) is 3.10. The highest BCUT2D eigenvalue weighted by molar-refractivity contribution is 5.70. The summed E-state index contributed by atoms with van der Waals surface area (Å²) in [4.78, 5) is 11.0. The summed E-state index contributed by atoms with van der Waals surface area (Å²) in [5.41, 5.74) is 0.788. The summed E-state index contributed by atoms with van der Waals surface area (Å²) in [6, 6.07) is 5.43. The van der Waals surface area contributed by atoms with Crippen LogP contribution in [0.3, 0.4) is 0 Å². The molecule has 0 saturated carbocycles. The van der Waals surface area contributed by atoms with Gasteiger partial charge in [0, 0.05) is 12.6 Å². The molecule has 0 aliphatic rings. The summed E-state index contributed by atoms with van der Waals surface area (Å²) in [6.45, 7) is 0.482. The average Bonchev–Trinajstić information content (AvgIpc) is 2.38. The Bertz CT molecular complexity index is 379. The van der Waals surface area contributed by atoms with Crippen LogP contribution in [0, 0.1) is 0 Å². The molecule has 94 valence electrons. The van der Waals surface area contributed by atoms with Gasteiger partial charge in [-0.2, -0.15) is 0 Å². The van der Waals surface area contributed by atoms with Crippen molar-refractivity contribution in [2.75, 3.05) is 33.2 Å². The third-order valence-electron chi connectivity index (χ3n) is 2.28. The van der Waals surface area contributed by atoms with Gasteiger partial charge in [-0.25, -0.2) is 0 Å².